The number of nitrogens with one attached hydrogen (secondary N) is 1. The van der Waals surface area contributed by atoms with Gasteiger partial charge in [-0.1, -0.05) is 53.8 Å². The summed E-state index contributed by atoms with van der Waals surface area (Å²) in [5.74, 6) is -0.675. The molecule has 1 N–H and O–H groups in total. The summed E-state index contributed by atoms with van der Waals surface area (Å²) in [7, 11) is 0. The molecule has 1 aliphatic rings. The van der Waals surface area contributed by atoms with E-state index in [0.29, 0.717) is 37.5 Å². The second-order valence-electron chi connectivity index (χ2n) is 8.60. The van der Waals surface area contributed by atoms with Crippen LogP contribution in [0.2, 0.25) is 0 Å². The average molecular weight is 481 g/mol. The van der Waals surface area contributed by atoms with Gasteiger partial charge in [0.1, 0.15) is 11.1 Å². The molecule has 0 unspecified atom stereocenters. The lowest BCUT2D eigenvalue weighted by molar-refractivity contribution is -0.118. The molecule has 35 heavy (non-hydrogen) atoms. The number of thiazole rings is 1. The summed E-state index contributed by atoms with van der Waals surface area (Å²) >= 11 is 1.20. The van der Waals surface area contributed by atoms with Gasteiger partial charge < -0.3 is 5.32 Å². The number of imidazole rings is 1. The average Bonchev–Trinajstić information content (AvgIpc) is 3.45. The van der Waals surface area contributed by atoms with Crippen molar-refractivity contribution in [2.75, 3.05) is 16.8 Å². The Labute approximate surface area is 203 Å². The fourth-order valence-corrected chi connectivity index (χ4v) is 5.60. The van der Waals surface area contributed by atoms with Crippen LogP contribution in [0.25, 0.3) is 21.6 Å². The number of hydrogen-bond acceptors (Lipinski definition) is 5. The molecular formula is C27H20N4O3S. The monoisotopic (exact) mass is 480 g/mol. The van der Waals surface area contributed by atoms with Gasteiger partial charge in [-0.3, -0.25) is 19.3 Å². The number of amides is 2. The molecule has 8 heteroatoms. The molecule has 0 radical (unpaired) electrons. The predicted octanol–water partition coefficient (Wildman–Crippen LogP) is 3.43. The molecule has 3 aromatic carbocycles. The van der Waals surface area contributed by atoms with Crippen LogP contribution in [0.5, 0.6) is 0 Å². The van der Waals surface area contributed by atoms with Crippen LogP contribution in [-0.2, 0) is 9.59 Å². The fraction of sp³-hybridized carbons (Fsp3) is 0.111. The number of aromatic nitrogens is 2. The zero-order chi connectivity index (χ0) is 24.3. The predicted molar refractivity (Wildman–Crippen MR) is 138 cm³/mol. The van der Waals surface area contributed by atoms with Gasteiger partial charge in [0.25, 0.3) is 11.5 Å². The highest BCUT2D eigenvalue weighted by molar-refractivity contribution is 7.15. The second-order valence-corrected chi connectivity index (χ2v) is 9.58. The van der Waals surface area contributed by atoms with Crippen molar-refractivity contribution in [3.8, 4) is 0 Å². The van der Waals surface area contributed by atoms with Crippen molar-refractivity contribution in [2.24, 2.45) is 0 Å². The highest BCUT2D eigenvalue weighted by atomic mass is 32.1. The van der Waals surface area contributed by atoms with Crippen LogP contribution in [0.1, 0.15) is 16.7 Å². The van der Waals surface area contributed by atoms with E-state index in [1.165, 1.54) is 16.2 Å². The van der Waals surface area contributed by atoms with Crippen molar-refractivity contribution >= 4 is 56.1 Å². The van der Waals surface area contributed by atoms with E-state index in [1.54, 1.807) is 10.5 Å². The maximum absolute atomic E-state index is 13.6. The molecule has 7 nitrogen and oxygen atoms in total. The minimum absolute atomic E-state index is 0.160. The number of aryl methyl sites for hydroxylation is 2. The summed E-state index contributed by atoms with van der Waals surface area (Å²) < 4.78 is 1.88. The van der Waals surface area contributed by atoms with Crippen molar-refractivity contribution in [2.45, 2.75) is 13.8 Å². The summed E-state index contributed by atoms with van der Waals surface area (Å²) in [4.78, 5) is 46.6. The maximum Gasteiger partial charge on any atom is 0.275 e. The van der Waals surface area contributed by atoms with Gasteiger partial charge in [0, 0.05) is 11.3 Å². The van der Waals surface area contributed by atoms with Crippen LogP contribution in [0, 0.1) is 13.8 Å². The molecule has 0 spiro atoms. The highest BCUT2D eigenvalue weighted by Crippen LogP contribution is 2.35. The fourth-order valence-electron chi connectivity index (χ4n) is 4.52. The SMILES string of the molecule is Cc1ccc(C)c(NC(=O)CN2C(=O)/C(=c3/sc4nc5ccccc5n4c3=O)c3ccccc32)c1. The first-order valence-corrected chi connectivity index (χ1v) is 12.0. The van der Waals surface area contributed by atoms with Gasteiger partial charge in [0.15, 0.2) is 4.96 Å². The zero-order valence-electron chi connectivity index (χ0n) is 19.0. The van der Waals surface area contributed by atoms with Crippen molar-refractivity contribution < 1.29 is 9.59 Å². The van der Waals surface area contributed by atoms with Crippen molar-refractivity contribution in [3.05, 3.63) is 98.3 Å². The smallest absolute Gasteiger partial charge is 0.275 e. The van der Waals surface area contributed by atoms with Crippen LogP contribution in [0.3, 0.4) is 0 Å². The molecule has 6 rings (SSSR count). The molecule has 2 aromatic heterocycles. The Morgan fingerprint density at radius 3 is 2.63 bits per heavy atom. The minimum Gasteiger partial charge on any atom is -0.324 e. The summed E-state index contributed by atoms with van der Waals surface area (Å²) in [6.07, 6.45) is 0. The number of para-hydroxylation sites is 3. The molecule has 172 valence electrons. The van der Waals surface area contributed by atoms with Gasteiger partial charge >= 0.3 is 0 Å². The first-order chi connectivity index (χ1) is 16.9. The van der Waals surface area contributed by atoms with Gasteiger partial charge in [-0.2, -0.15) is 0 Å². The van der Waals surface area contributed by atoms with E-state index in [0.717, 1.165) is 16.6 Å². The number of hydrogen-bond donors (Lipinski definition) is 1. The minimum atomic E-state index is -0.367. The number of benzene rings is 3. The van der Waals surface area contributed by atoms with E-state index in [1.807, 2.05) is 74.5 Å². The van der Waals surface area contributed by atoms with E-state index in [4.69, 9.17) is 0 Å². The van der Waals surface area contributed by atoms with Gasteiger partial charge in [0.2, 0.25) is 5.91 Å². The lowest BCUT2D eigenvalue weighted by atomic mass is 10.1. The third-order valence-corrected chi connectivity index (χ3v) is 7.28. The molecule has 5 aromatic rings. The van der Waals surface area contributed by atoms with Crippen LogP contribution < -0.4 is 20.3 Å². The van der Waals surface area contributed by atoms with Crippen LogP contribution in [0.15, 0.2) is 71.5 Å². The second kappa shape index (κ2) is 7.89. The van der Waals surface area contributed by atoms with Crippen LogP contribution >= 0.6 is 11.3 Å². The third kappa shape index (κ3) is 3.33. The molecule has 2 amide bonds. The van der Waals surface area contributed by atoms with Gasteiger partial charge in [0.05, 0.1) is 22.3 Å². The molecule has 0 aliphatic carbocycles. The molecule has 0 fully saturated rings. The molecule has 0 saturated heterocycles. The Hall–Kier alpha value is -4.30. The van der Waals surface area contributed by atoms with Gasteiger partial charge in [-0.05, 0) is 49.2 Å². The van der Waals surface area contributed by atoms with E-state index in [9.17, 15) is 14.4 Å². The Morgan fingerprint density at radius 2 is 1.77 bits per heavy atom. The van der Waals surface area contributed by atoms with Crippen molar-refractivity contribution in [1.82, 2.24) is 9.38 Å². The summed E-state index contributed by atoms with van der Waals surface area (Å²) in [5.41, 5.74) is 5.41. The topological polar surface area (TPSA) is 83.8 Å². The highest BCUT2D eigenvalue weighted by Gasteiger charge is 2.35. The number of nitrogens with zero attached hydrogens (tertiary/aromatic N) is 3. The Kier molecular flexibility index (Phi) is 4.79. The van der Waals surface area contributed by atoms with Crippen LogP contribution in [-0.4, -0.2) is 27.7 Å². The van der Waals surface area contributed by atoms with E-state index < -0.39 is 0 Å². The number of carbonyl (C=O) groups excluding carboxylic acids is 2. The molecule has 0 bridgehead atoms. The number of fused-ring (bicyclic) bond motifs is 4. The van der Waals surface area contributed by atoms with E-state index in [2.05, 4.69) is 10.3 Å². The summed E-state index contributed by atoms with van der Waals surface area (Å²) in [6.45, 7) is 3.72. The molecule has 0 saturated carbocycles. The number of rotatable bonds is 3. The Balaban J connectivity index is 1.44. The molecule has 0 atom stereocenters. The lowest BCUT2D eigenvalue weighted by Gasteiger charge is -2.17. The zero-order valence-corrected chi connectivity index (χ0v) is 19.8. The third-order valence-electron chi connectivity index (χ3n) is 6.24. The van der Waals surface area contributed by atoms with Crippen molar-refractivity contribution in [3.63, 3.8) is 0 Å². The summed E-state index contributed by atoms with van der Waals surface area (Å²) in [5, 5.41) is 2.92. The van der Waals surface area contributed by atoms with E-state index >= 15 is 0 Å². The normalized spacial score (nSPS) is 14.7. The van der Waals surface area contributed by atoms with Gasteiger partial charge in [-0.25, -0.2) is 9.38 Å². The van der Waals surface area contributed by atoms with Crippen molar-refractivity contribution in [1.29, 1.82) is 0 Å². The van der Waals surface area contributed by atoms with Crippen LogP contribution in [0.4, 0.5) is 11.4 Å². The Bertz CT molecular complexity index is 1800. The summed E-state index contributed by atoms with van der Waals surface area (Å²) in [6, 6.07) is 20.5. The molecule has 3 heterocycles. The first-order valence-electron chi connectivity index (χ1n) is 11.1. The largest absolute Gasteiger partial charge is 0.324 e. The quantitative estimate of drug-likeness (QED) is 0.429. The number of anilines is 2. The number of carbonyl (C=O) groups is 2. The maximum atomic E-state index is 13.6. The lowest BCUT2D eigenvalue weighted by Crippen LogP contribution is -2.37. The van der Waals surface area contributed by atoms with Gasteiger partial charge in [-0.15, -0.1) is 0 Å². The molecule has 1 aliphatic heterocycles. The first kappa shape index (κ1) is 21.2. The van der Waals surface area contributed by atoms with E-state index in [-0.39, 0.29) is 23.9 Å². The Morgan fingerprint density at radius 1 is 1.00 bits per heavy atom. The molecular weight excluding hydrogens is 460 g/mol. The standard InChI is InChI=1S/C27H20N4O3S/c1-15-11-12-16(2)19(13-15)28-22(32)14-30-20-9-5-3-7-17(20)23(25(30)33)24-26(34)31-21-10-6-4-8-18(21)29-27(31)35-24/h3-13H,14H2,1-2H3,(H,28,32)/b24-23+.